The summed E-state index contributed by atoms with van der Waals surface area (Å²) < 4.78 is 5.89. The number of benzene rings is 2. The molecule has 0 spiro atoms. The molecule has 174 valence electrons. The number of amides is 2. The van der Waals surface area contributed by atoms with Crippen LogP contribution in [0.4, 0.5) is 0 Å². The molecule has 0 saturated heterocycles. The van der Waals surface area contributed by atoms with Crippen LogP contribution in [0.15, 0.2) is 57.7 Å². The summed E-state index contributed by atoms with van der Waals surface area (Å²) in [5.41, 5.74) is 5.91. The topological polar surface area (TPSA) is 117 Å². The van der Waals surface area contributed by atoms with Gasteiger partial charge >= 0.3 is 5.91 Å². The molecule has 1 aliphatic carbocycles. The fourth-order valence-corrected chi connectivity index (χ4v) is 5.73. The Labute approximate surface area is 199 Å². The van der Waals surface area contributed by atoms with Gasteiger partial charge in [0.25, 0.3) is 11.5 Å². The van der Waals surface area contributed by atoms with Crippen LogP contribution in [0.5, 0.6) is 0 Å². The van der Waals surface area contributed by atoms with Crippen molar-refractivity contribution in [2.24, 2.45) is 0 Å². The predicted molar refractivity (Wildman–Crippen MR) is 132 cm³/mol. The van der Waals surface area contributed by atoms with Crippen LogP contribution < -0.4 is 16.4 Å². The van der Waals surface area contributed by atoms with Crippen LogP contribution in [-0.2, 0) is 5.75 Å². The number of carbonyl (C=O) groups is 2. The van der Waals surface area contributed by atoms with E-state index in [1.807, 2.05) is 36.0 Å². The average Bonchev–Trinajstić information content (AvgIpc) is 3.25. The Bertz CT molecular complexity index is 1420. The van der Waals surface area contributed by atoms with E-state index >= 15 is 0 Å². The first-order chi connectivity index (χ1) is 16.6. The fourth-order valence-electron chi connectivity index (χ4n) is 4.38. The van der Waals surface area contributed by atoms with Gasteiger partial charge in [-0.05, 0) is 25.0 Å². The lowest BCUT2D eigenvalue weighted by atomic mass is 10.0. The van der Waals surface area contributed by atoms with E-state index in [4.69, 9.17) is 4.42 Å². The maximum absolute atomic E-state index is 13.0. The van der Waals surface area contributed by atoms with Crippen LogP contribution in [0, 0.1) is 0 Å². The molecule has 0 bridgehead atoms. The van der Waals surface area contributed by atoms with E-state index < -0.39 is 17.4 Å². The molecule has 5 rings (SSSR count). The van der Waals surface area contributed by atoms with Gasteiger partial charge in [-0.25, -0.2) is 5.10 Å². The molecule has 8 nitrogen and oxygen atoms in total. The third-order valence-corrected chi connectivity index (χ3v) is 7.52. The lowest BCUT2D eigenvalue weighted by molar-refractivity contribution is 0.0829. The Kier molecular flexibility index (Phi) is 6.35. The van der Waals surface area contributed by atoms with Gasteiger partial charge in [0.2, 0.25) is 0 Å². The number of hydrazine groups is 1. The first-order valence-electron chi connectivity index (χ1n) is 11.3. The second kappa shape index (κ2) is 9.72. The summed E-state index contributed by atoms with van der Waals surface area (Å²) >= 11 is 1.85. The Morgan fingerprint density at radius 2 is 1.62 bits per heavy atom. The van der Waals surface area contributed by atoms with Gasteiger partial charge < -0.3 is 4.42 Å². The monoisotopic (exact) mass is 476 g/mol. The van der Waals surface area contributed by atoms with Crippen LogP contribution in [0.25, 0.3) is 21.7 Å². The van der Waals surface area contributed by atoms with Crippen LogP contribution >= 0.6 is 11.8 Å². The summed E-state index contributed by atoms with van der Waals surface area (Å²) in [5.74, 6) is -0.346. The van der Waals surface area contributed by atoms with Crippen LogP contribution in [0.2, 0.25) is 0 Å². The van der Waals surface area contributed by atoms with Crippen molar-refractivity contribution in [3.8, 4) is 0 Å². The molecule has 2 amide bonds. The van der Waals surface area contributed by atoms with E-state index in [9.17, 15) is 14.4 Å². The molecule has 0 atom stereocenters. The number of nitrogens with one attached hydrogen (secondary N) is 3. The zero-order valence-corrected chi connectivity index (χ0v) is 19.2. The smallest absolute Gasteiger partial charge is 0.305 e. The summed E-state index contributed by atoms with van der Waals surface area (Å²) in [5, 5.41) is 8.40. The van der Waals surface area contributed by atoms with Crippen molar-refractivity contribution in [2.75, 3.05) is 0 Å². The Hall–Kier alpha value is -3.59. The lowest BCUT2D eigenvalue weighted by Crippen LogP contribution is -2.42. The highest BCUT2D eigenvalue weighted by Crippen LogP contribution is 2.35. The number of hydrogen-bond donors (Lipinski definition) is 3. The highest BCUT2D eigenvalue weighted by atomic mass is 32.2. The number of aromatic nitrogens is 2. The predicted octanol–water partition coefficient (Wildman–Crippen LogP) is 4.31. The first kappa shape index (κ1) is 22.2. The number of thioether (sulfide) groups is 1. The number of fused-ring (bicyclic) bond motifs is 2. The number of carbonyl (C=O) groups excluding carboxylic acids is 2. The minimum Gasteiger partial charge on any atom is -0.451 e. The summed E-state index contributed by atoms with van der Waals surface area (Å²) in [7, 11) is 0. The molecule has 0 radical (unpaired) electrons. The summed E-state index contributed by atoms with van der Waals surface area (Å²) in [4.78, 5) is 37.8. The third kappa shape index (κ3) is 4.43. The minimum atomic E-state index is -0.643. The molecule has 9 heteroatoms. The Morgan fingerprint density at radius 1 is 0.941 bits per heavy atom. The lowest BCUT2D eigenvalue weighted by Gasteiger charge is -2.20. The zero-order chi connectivity index (χ0) is 23.5. The molecule has 1 saturated carbocycles. The number of aromatic amines is 1. The molecule has 0 unspecified atom stereocenters. The molecule has 2 aromatic heterocycles. The second-order valence-corrected chi connectivity index (χ2v) is 9.62. The standard InChI is InChI=1S/C25H24N4O4S/c30-23-18-12-5-4-11-17(18)21(26-27-23)24(31)28-29-25(32)22-19(14-34-15-8-2-1-3-9-15)16-10-6-7-13-20(16)33-22/h4-7,10-13,15H,1-3,8-9,14H2,(H,27,30)(H,28,31)(H,29,32). The number of para-hydroxylation sites is 1. The first-order valence-corrected chi connectivity index (χ1v) is 12.4. The van der Waals surface area contributed by atoms with E-state index in [-0.39, 0.29) is 11.5 Å². The Morgan fingerprint density at radius 3 is 2.41 bits per heavy atom. The van der Waals surface area contributed by atoms with Crippen molar-refractivity contribution < 1.29 is 14.0 Å². The maximum atomic E-state index is 13.0. The van der Waals surface area contributed by atoms with Crippen molar-refractivity contribution in [1.29, 1.82) is 0 Å². The SMILES string of the molecule is O=C(NNC(=O)c1n[nH]c(=O)c2ccccc12)c1oc2ccccc2c1CSC1CCCCC1. The zero-order valence-electron chi connectivity index (χ0n) is 18.4. The second-order valence-electron chi connectivity index (χ2n) is 8.33. The van der Waals surface area contributed by atoms with Gasteiger partial charge in [-0.15, -0.1) is 0 Å². The van der Waals surface area contributed by atoms with Gasteiger partial charge in [-0.2, -0.15) is 16.9 Å². The van der Waals surface area contributed by atoms with Crippen molar-refractivity contribution in [3.05, 3.63) is 75.9 Å². The van der Waals surface area contributed by atoms with Crippen LogP contribution in [0.1, 0.15) is 58.7 Å². The van der Waals surface area contributed by atoms with Crippen molar-refractivity contribution in [2.45, 2.75) is 43.1 Å². The van der Waals surface area contributed by atoms with Crippen LogP contribution in [0.3, 0.4) is 0 Å². The highest BCUT2D eigenvalue weighted by Gasteiger charge is 2.23. The van der Waals surface area contributed by atoms with Gasteiger partial charge in [-0.3, -0.25) is 25.2 Å². The molecule has 2 heterocycles. The largest absolute Gasteiger partial charge is 0.451 e. The van der Waals surface area contributed by atoms with Gasteiger partial charge in [0.05, 0.1) is 5.39 Å². The molecule has 1 fully saturated rings. The molecule has 1 aliphatic rings. The van der Waals surface area contributed by atoms with Gasteiger partial charge in [0.15, 0.2) is 11.5 Å². The van der Waals surface area contributed by atoms with E-state index in [2.05, 4.69) is 21.0 Å². The molecule has 0 aliphatic heterocycles. The average molecular weight is 477 g/mol. The number of hydrogen-bond acceptors (Lipinski definition) is 6. The molecule has 34 heavy (non-hydrogen) atoms. The normalized spacial score (nSPS) is 14.4. The van der Waals surface area contributed by atoms with E-state index in [1.165, 1.54) is 32.1 Å². The van der Waals surface area contributed by atoms with Gasteiger partial charge in [0, 0.05) is 27.3 Å². The number of furan rings is 1. The number of nitrogens with zero attached hydrogens (tertiary/aromatic N) is 1. The van der Waals surface area contributed by atoms with Crippen LogP contribution in [-0.4, -0.2) is 27.3 Å². The summed E-state index contributed by atoms with van der Waals surface area (Å²) in [6, 6.07) is 14.2. The molecular weight excluding hydrogens is 452 g/mol. The van der Waals surface area contributed by atoms with E-state index in [0.717, 1.165) is 10.9 Å². The van der Waals surface area contributed by atoms with Gasteiger partial charge in [-0.1, -0.05) is 55.7 Å². The minimum absolute atomic E-state index is 0.00758. The van der Waals surface area contributed by atoms with Crippen molar-refractivity contribution in [3.63, 3.8) is 0 Å². The van der Waals surface area contributed by atoms with E-state index in [0.29, 0.717) is 27.4 Å². The summed E-state index contributed by atoms with van der Waals surface area (Å²) in [6.45, 7) is 0. The number of H-pyrrole nitrogens is 1. The Balaban J connectivity index is 1.35. The molecular formula is C25H24N4O4S. The molecule has 2 aromatic carbocycles. The third-order valence-electron chi connectivity index (χ3n) is 6.12. The number of rotatable bonds is 5. The van der Waals surface area contributed by atoms with Gasteiger partial charge in [0.1, 0.15) is 5.58 Å². The maximum Gasteiger partial charge on any atom is 0.305 e. The van der Waals surface area contributed by atoms with E-state index in [1.54, 1.807) is 24.3 Å². The molecule has 3 N–H and O–H groups in total. The summed E-state index contributed by atoms with van der Waals surface area (Å²) in [6.07, 6.45) is 6.17. The highest BCUT2D eigenvalue weighted by molar-refractivity contribution is 7.99. The van der Waals surface area contributed by atoms with Crippen molar-refractivity contribution >= 4 is 45.3 Å². The quantitative estimate of drug-likeness (QED) is 0.370. The fraction of sp³-hybridized carbons (Fsp3) is 0.280. The van der Waals surface area contributed by atoms with Crippen molar-refractivity contribution in [1.82, 2.24) is 21.0 Å². The molecule has 4 aromatic rings.